The first-order chi connectivity index (χ1) is 31.9. The molecule has 0 bridgehead atoms. The van der Waals surface area contributed by atoms with E-state index in [0.717, 1.165) is 56.2 Å². The van der Waals surface area contributed by atoms with Gasteiger partial charge in [-0.2, -0.15) is 13.2 Å². The van der Waals surface area contributed by atoms with Crippen LogP contribution in [0.5, 0.6) is 0 Å². The molecule has 0 spiro atoms. The van der Waals surface area contributed by atoms with Gasteiger partial charge in [0, 0.05) is 46.0 Å². The summed E-state index contributed by atoms with van der Waals surface area (Å²) in [7, 11) is 0. The van der Waals surface area contributed by atoms with E-state index in [4.69, 9.17) is 4.42 Å². The molecular formula is C53H40F3N7O3. The number of pyridine rings is 2. The largest absolute Gasteiger partial charge is 0.442 e. The van der Waals surface area contributed by atoms with Gasteiger partial charge in [-0.05, 0) is 92.1 Å². The Morgan fingerprint density at radius 1 is 0.561 bits per heavy atom. The number of carbonyl (C=O) groups excluding carboxylic acids is 2. The average Bonchev–Trinajstić information content (AvgIpc) is 4.12. The Labute approximate surface area is 377 Å². The van der Waals surface area contributed by atoms with Gasteiger partial charge < -0.3 is 15.1 Å². The zero-order valence-electron chi connectivity index (χ0n) is 35.8. The van der Waals surface area contributed by atoms with E-state index < -0.39 is 23.2 Å². The second-order valence-electron chi connectivity index (χ2n) is 15.6. The monoisotopic (exact) mass is 879 g/mol. The Hall–Kier alpha value is -8.58. The van der Waals surface area contributed by atoms with Gasteiger partial charge >= 0.3 is 6.18 Å². The predicted molar refractivity (Wildman–Crippen MR) is 250 cm³/mol. The molecule has 5 aromatic carbocycles. The molecule has 0 fully saturated rings. The maximum atomic E-state index is 13.8. The van der Waals surface area contributed by atoms with Gasteiger partial charge in [0.05, 0.1) is 40.8 Å². The first-order valence-corrected chi connectivity index (χ1v) is 20.9. The number of imidazole rings is 2. The zero-order chi connectivity index (χ0) is 46.0. The maximum absolute atomic E-state index is 13.8. The molecule has 0 unspecified atom stereocenters. The molecule has 0 aliphatic rings. The van der Waals surface area contributed by atoms with Gasteiger partial charge in [0.15, 0.2) is 0 Å². The molecule has 2 amide bonds. The lowest BCUT2D eigenvalue weighted by molar-refractivity contribution is -0.137. The number of carbonyl (C=O) groups is 2. The summed E-state index contributed by atoms with van der Waals surface area (Å²) in [6.45, 7) is 5.84. The van der Waals surface area contributed by atoms with Gasteiger partial charge in [-0.1, -0.05) is 96.1 Å². The number of nitrogens with zero attached hydrogens (tertiary/aromatic N) is 5. The smallest absolute Gasteiger partial charge is 0.417 e. The molecule has 0 saturated heterocycles. The maximum Gasteiger partial charge on any atom is 0.417 e. The molecule has 2 N–H and O–H groups in total. The molecule has 0 aliphatic heterocycles. The number of anilines is 2. The first-order valence-electron chi connectivity index (χ1n) is 20.9. The van der Waals surface area contributed by atoms with Crippen molar-refractivity contribution in [2.45, 2.75) is 26.9 Å². The van der Waals surface area contributed by atoms with E-state index in [1.54, 1.807) is 55.0 Å². The summed E-state index contributed by atoms with van der Waals surface area (Å²) in [5.41, 5.74) is 9.02. The number of halogens is 3. The summed E-state index contributed by atoms with van der Waals surface area (Å²) in [4.78, 5) is 39.2. The number of hydrogen-bond acceptors (Lipinski definition) is 6. The highest BCUT2D eigenvalue weighted by Gasteiger charge is 2.35. The van der Waals surface area contributed by atoms with Gasteiger partial charge in [-0.15, -0.1) is 0 Å². The molecule has 5 heterocycles. The van der Waals surface area contributed by atoms with Crippen molar-refractivity contribution in [3.05, 3.63) is 210 Å². The second kappa shape index (κ2) is 17.9. The summed E-state index contributed by atoms with van der Waals surface area (Å²) in [6.07, 6.45) is 5.69. The van der Waals surface area contributed by atoms with Crippen LogP contribution in [0.3, 0.4) is 0 Å². The topological polar surface area (TPSA) is 119 Å². The molecule has 0 radical (unpaired) electrons. The molecule has 5 aromatic heterocycles. The number of aromatic nitrogens is 5. The molecule has 0 aliphatic carbocycles. The number of fused-ring (bicyclic) bond motifs is 2. The summed E-state index contributed by atoms with van der Waals surface area (Å²) < 4.78 is 50.6. The van der Waals surface area contributed by atoms with Crippen LogP contribution in [0.2, 0.25) is 0 Å². The van der Waals surface area contributed by atoms with Crippen LogP contribution in [0.15, 0.2) is 181 Å². The molecule has 0 atom stereocenters. The van der Waals surface area contributed by atoms with Gasteiger partial charge in [0.25, 0.3) is 17.7 Å². The van der Waals surface area contributed by atoms with Crippen LogP contribution in [-0.2, 0) is 6.18 Å². The summed E-state index contributed by atoms with van der Waals surface area (Å²) >= 11 is 0. The number of alkyl halides is 3. The molecular weight excluding hydrogens is 840 g/mol. The fourth-order valence-corrected chi connectivity index (χ4v) is 7.68. The lowest BCUT2D eigenvalue weighted by Gasteiger charge is -2.15. The molecule has 0 saturated carbocycles. The van der Waals surface area contributed by atoms with E-state index in [2.05, 4.69) is 25.6 Å². The minimum absolute atomic E-state index is 0.135. The van der Waals surface area contributed by atoms with Crippen molar-refractivity contribution in [3.8, 4) is 45.4 Å². The molecule has 326 valence electrons. The van der Waals surface area contributed by atoms with Crippen molar-refractivity contribution in [2.24, 2.45) is 0 Å². The number of oxazole rings is 1. The van der Waals surface area contributed by atoms with Crippen LogP contribution in [0, 0.1) is 20.8 Å². The van der Waals surface area contributed by atoms with Crippen LogP contribution in [0.4, 0.5) is 24.5 Å². The first kappa shape index (κ1) is 42.7. The van der Waals surface area contributed by atoms with E-state index in [1.165, 1.54) is 18.4 Å². The Morgan fingerprint density at radius 2 is 1.09 bits per heavy atom. The number of aryl methyl sites for hydroxylation is 3. The highest BCUT2D eigenvalue weighted by molar-refractivity contribution is 6.07. The van der Waals surface area contributed by atoms with E-state index in [0.29, 0.717) is 39.9 Å². The van der Waals surface area contributed by atoms with Crippen molar-refractivity contribution in [2.75, 3.05) is 10.6 Å². The number of benzene rings is 5. The predicted octanol–water partition coefficient (Wildman–Crippen LogP) is 12.8. The Morgan fingerprint density at radius 3 is 1.65 bits per heavy atom. The third kappa shape index (κ3) is 8.82. The molecule has 10 aromatic rings. The van der Waals surface area contributed by atoms with Gasteiger partial charge in [-0.25, -0.2) is 15.0 Å². The molecule has 13 heteroatoms. The van der Waals surface area contributed by atoms with Crippen LogP contribution in [-0.4, -0.2) is 35.6 Å². The SMILES string of the molecule is Cc1ccc(NC(=O)c2cc(-c3cccn4c(-c5ccccc5)ncc34)ccc2C(F)(F)F)cc1.Cc1ccc(NC(=O)c2cc(-c3cccn4c(-c5ncco5)ncc34)ccc2C)cc1. The highest BCUT2D eigenvalue weighted by Crippen LogP contribution is 2.37. The van der Waals surface area contributed by atoms with Crippen LogP contribution in [0.25, 0.3) is 56.4 Å². The van der Waals surface area contributed by atoms with E-state index in [9.17, 15) is 22.8 Å². The van der Waals surface area contributed by atoms with Crippen molar-refractivity contribution in [1.29, 1.82) is 0 Å². The van der Waals surface area contributed by atoms with Crippen molar-refractivity contribution in [1.82, 2.24) is 23.8 Å². The Bertz CT molecular complexity index is 3360. The minimum atomic E-state index is -4.68. The molecule has 10 rings (SSSR count). The van der Waals surface area contributed by atoms with Gasteiger partial charge in [-0.3, -0.25) is 18.4 Å². The summed E-state index contributed by atoms with van der Waals surface area (Å²) in [5.74, 6) is 0.842. The fraction of sp³-hybridized carbons (Fsp3) is 0.0755. The lowest BCUT2D eigenvalue weighted by Crippen LogP contribution is -2.19. The van der Waals surface area contributed by atoms with E-state index >= 15 is 0 Å². The van der Waals surface area contributed by atoms with Crippen molar-refractivity contribution < 1.29 is 27.2 Å². The summed E-state index contributed by atoms with van der Waals surface area (Å²) in [5, 5.41) is 5.57. The lowest BCUT2D eigenvalue weighted by atomic mass is 9.98. The van der Waals surface area contributed by atoms with Crippen molar-refractivity contribution in [3.63, 3.8) is 0 Å². The normalized spacial score (nSPS) is 11.3. The number of nitrogens with one attached hydrogen (secondary N) is 2. The number of rotatable bonds is 8. The number of amides is 2. The fourth-order valence-electron chi connectivity index (χ4n) is 7.68. The van der Waals surface area contributed by atoms with E-state index in [1.807, 2.05) is 127 Å². The zero-order valence-corrected chi connectivity index (χ0v) is 35.8. The highest BCUT2D eigenvalue weighted by atomic mass is 19.4. The van der Waals surface area contributed by atoms with Gasteiger partial charge in [0.1, 0.15) is 12.1 Å². The van der Waals surface area contributed by atoms with Gasteiger partial charge in [0.2, 0.25) is 5.82 Å². The Balaban J connectivity index is 0.000000167. The van der Waals surface area contributed by atoms with E-state index in [-0.39, 0.29) is 5.91 Å². The quantitative estimate of drug-likeness (QED) is 0.157. The van der Waals surface area contributed by atoms with Crippen molar-refractivity contribution >= 4 is 34.2 Å². The summed E-state index contributed by atoms with van der Waals surface area (Å²) in [6, 6.07) is 41.4. The third-order valence-corrected chi connectivity index (χ3v) is 11.1. The second-order valence-corrected chi connectivity index (χ2v) is 15.6. The molecule has 10 nitrogen and oxygen atoms in total. The standard InChI is InChI=1S/C28H20F3N3O.C25H20N4O2/c1-18-9-12-21(13-10-18)33-27(35)23-16-20(11-14-24(23)28(29,30)31)22-8-5-15-34-25(22)17-32-26(34)19-6-3-2-4-7-19;1-16-5-9-19(10-6-16)28-24(30)21-14-18(8-7-17(21)2)20-4-3-12-29-22(20)15-27-23(29)25-26-11-13-31-25/h2-17H,1H3,(H,33,35);3-15H,1-2H3,(H,28,30). The van der Waals surface area contributed by atoms with Crippen LogP contribution < -0.4 is 10.6 Å². The minimum Gasteiger partial charge on any atom is -0.442 e. The van der Waals surface area contributed by atoms with Crippen LogP contribution >= 0.6 is 0 Å². The Kier molecular flexibility index (Phi) is 11.6. The third-order valence-electron chi connectivity index (χ3n) is 11.1. The van der Waals surface area contributed by atoms with Crippen LogP contribution in [0.1, 0.15) is 43.0 Å². The average molecular weight is 880 g/mol. The number of hydrogen-bond donors (Lipinski definition) is 2. The molecule has 66 heavy (non-hydrogen) atoms.